The highest BCUT2D eigenvalue weighted by atomic mass is 16.5. The van der Waals surface area contributed by atoms with Gasteiger partial charge in [-0.3, -0.25) is 24.2 Å². The summed E-state index contributed by atoms with van der Waals surface area (Å²) in [6, 6.07) is 15.6. The standard InChI is InChI=1S/C26H25N3O5/c1-33-20-11-7-18(8-12-20)23(30)22-24(31)26(32)29(25(22)28-14-3-2-4-15-28)19-9-5-17(6-10-19)21-13-16-34-27-21/h5-13,16,22,25H,2-4,14-15H2,1H3. The Balaban J connectivity index is 1.52. The summed E-state index contributed by atoms with van der Waals surface area (Å²) >= 11 is 0. The summed E-state index contributed by atoms with van der Waals surface area (Å²) < 4.78 is 10.1. The van der Waals surface area contributed by atoms with Crippen LogP contribution in [0.1, 0.15) is 29.6 Å². The second-order valence-corrected chi connectivity index (χ2v) is 8.55. The zero-order valence-electron chi connectivity index (χ0n) is 18.8. The van der Waals surface area contributed by atoms with E-state index in [2.05, 4.69) is 10.1 Å². The van der Waals surface area contributed by atoms with Crippen LogP contribution >= 0.6 is 0 Å². The van der Waals surface area contributed by atoms with Crippen LogP contribution in [-0.4, -0.2) is 53.9 Å². The van der Waals surface area contributed by atoms with Crippen molar-refractivity contribution in [1.29, 1.82) is 0 Å². The first-order valence-corrected chi connectivity index (χ1v) is 11.4. The molecule has 0 bridgehead atoms. The van der Waals surface area contributed by atoms with Gasteiger partial charge in [-0.2, -0.15) is 0 Å². The Hall–Kier alpha value is -3.78. The normalized spacial score (nSPS) is 21.1. The van der Waals surface area contributed by atoms with Gasteiger partial charge in [0.1, 0.15) is 29.8 Å². The zero-order valence-corrected chi connectivity index (χ0v) is 18.8. The third-order valence-electron chi connectivity index (χ3n) is 6.58. The molecule has 2 aliphatic rings. The topological polar surface area (TPSA) is 93.0 Å². The van der Waals surface area contributed by atoms with Crippen LogP contribution in [0.2, 0.25) is 0 Å². The predicted octanol–water partition coefficient (Wildman–Crippen LogP) is 3.58. The maximum atomic E-state index is 13.6. The number of likely N-dealkylation sites (tertiary alicyclic amines) is 1. The van der Waals surface area contributed by atoms with Gasteiger partial charge < -0.3 is 9.26 Å². The summed E-state index contributed by atoms with van der Waals surface area (Å²) in [5.41, 5.74) is 2.47. The molecule has 0 spiro atoms. The van der Waals surface area contributed by atoms with Gasteiger partial charge in [0.05, 0.1) is 7.11 Å². The molecule has 2 aliphatic heterocycles. The minimum Gasteiger partial charge on any atom is -0.497 e. The first-order valence-electron chi connectivity index (χ1n) is 11.4. The molecule has 1 aromatic heterocycles. The van der Waals surface area contributed by atoms with Crippen molar-refractivity contribution in [2.75, 3.05) is 25.1 Å². The smallest absolute Gasteiger partial charge is 0.296 e. The van der Waals surface area contributed by atoms with Crippen molar-refractivity contribution in [2.24, 2.45) is 5.92 Å². The lowest BCUT2D eigenvalue weighted by molar-refractivity contribution is -0.135. The van der Waals surface area contributed by atoms with Gasteiger partial charge in [0.15, 0.2) is 5.78 Å². The van der Waals surface area contributed by atoms with E-state index in [1.165, 1.54) is 11.2 Å². The van der Waals surface area contributed by atoms with Gasteiger partial charge in [-0.05, 0) is 49.2 Å². The van der Waals surface area contributed by atoms with E-state index in [0.29, 0.717) is 22.7 Å². The van der Waals surface area contributed by atoms with Crippen molar-refractivity contribution in [3.8, 4) is 17.0 Å². The molecule has 0 saturated carbocycles. The highest BCUT2D eigenvalue weighted by molar-refractivity contribution is 6.49. The van der Waals surface area contributed by atoms with Crippen LogP contribution in [0.25, 0.3) is 11.3 Å². The average molecular weight is 460 g/mol. The molecule has 3 heterocycles. The number of piperidine rings is 1. The van der Waals surface area contributed by atoms with E-state index in [9.17, 15) is 14.4 Å². The van der Waals surface area contributed by atoms with Crippen LogP contribution in [0, 0.1) is 5.92 Å². The highest BCUT2D eigenvalue weighted by Crippen LogP contribution is 2.35. The van der Waals surface area contributed by atoms with Gasteiger partial charge in [-0.1, -0.05) is 23.7 Å². The second kappa shape index (κ2) is 9.23. The van der Waals surface area contributed by atoms with Gasteiger partial charge in [0.2, 0.25) is 5.78 Å². The van der Waals surface area contributed by atoms with Crippen molar-refractivity contribution in [2.45, 2.75) is 25.4 Å². The minimum absolute atomic E-state index is 0.349. The van der Waals surface area contributed by atoms with Crippen LogP contribution in [0.5, 0.6) is 5.75 Å². The molecule has 8 heteroatoms. The zero-order chi connectivity index (χ0) is 23.7. The summed E-state index contributed by atoms with van der Waals surface area (Å²) in [7, 11) is 1.55. The van der Waals surface area contributed by atoms with E-state index in [1.54, 1.807) is 49.6 Å². The number of carbonyl (C=O) groups excluding carboxylic acids is 3. The fraction of sp³-hybridized carbons (Fsp3) is 0.308. The quantitative estimate of drug-likeness (QED) is 0.316. The van der Waals surface area contributed by atoms with E-state index in [1.807, 2.05) is 12.1 Å². The lowest BCUT2D eigenvalue weighted by Crippen LogP contribution is -2.52. The number of rotatable bonds is 6. The number of amides is 1. The van der Waals surface area contributed by atoms with Crippen LogP contribution in [0.4, 0.5) is 5.69 Å². The highest BCUT2D eigenvalue weighted by Gasteiger charge is 2.54. The number of hydrogen-bond acceptors (Lipinski definition) is 7. The number of Topliss-reactive ketones (excluding diaryl/α,β-unsaturated/α-hetero) is 2. The number of ether oxygens (including phenoxy) is 1. The van der Waals surface area contributed by atoms with Crippen molar-refractivity contribution in [3.63, 3.8) is 0 Å². The monoisotopic (exact) mass is 459 g/mol. The molecule has 2 saturated heterocycles. The Kier molecular flexibility index (Phi) is 5.98. The molecule has 174 valence electrons. The van der Waals surface area contributed by atoms with Crippen LogP contribution < -0.4 is 9.64 Å². The molecule has 34 heavy (non-hydrogen) atoms. The number of methoxy groups -OCH3 is 1. The minimum atomic E-state index is -1.09. The first kappa shape index (κ1) is 22.0. The van der Waals surface area contributed by atoms with E-state index >= 15 is 0 Å². The number of nitrogens with zero attached hydrogens (tertiary/aromatic N) is 3. The fourth-order valence-electron chi connectivity index (χ4n) is 4.83. The van der Waals surface area contributed by atoms with Crippen molar-refractivity contribution in [3.05, 3.63) is 66.4 Å². The number of carbonyl (C=O) groups is 3. The molecule has 0 radical (unpaired) electrons. The fourth-order valence-corrected chi connectivity index (χ4v) is 4.83. The van der Waals surface area contributed by atoms with E-state index in [0.717, 1.165) is 37.9 Å². The molecule has 0 aliphatic carbocycles. The Bertz CT molecular complexity index is 1180. The molecule has 2 aromatic carbocycles. The van der Waals surface area contributed by atoms with Crippen LogP contribution in [-0.2, 0) is 9.59 Å². The van der Waals surface area contributed by atoms with Gasteiger partial charge in [-0.25, -0.2) is 0 Å². The van der Waals surface area contributed by atoms with Gasteiger partial charge in [0, 0.05) is 36.0 Å². The number of hydrogen-bond donors (Lipinski definition) is 0. The molecule has 8 nitrogen and oxygen atoms in total. The number of ketones is 2. The maximum Gasteiger partial charge on any atom is 0.296 e. The van der Waals surface area contributed by atoms with Crippen molar-refractivity contribution >= 4 is 23.2 Å². The molecular weight excluding hydrogens is 434 g/mol. The third kappa shape index (κ3) is 3.90. The van der Waals surface area contributed by atoms with Crippen LogP contribution in [0.3, 0.4) is 0 Å². The second-order valence-electron chi connectivity index (χ2n) is 8.55. The lowest BCUT2D eigenvalue weighted by atomic mass is 9.92. The molecule has 2 unspecified atom stereocenters. The molecule has 2 atom stereocenters. The molecule has 3 aromatic rings. The summed E-state index contributed by atoms with van der Waals surface area (Å²) in [5.74, 6) is -2.15. The first-order chi connectivity index (χ1) is 16.6. The van der Waals surface area contributed by atoms with Crippen LogP contribution in [0.15, 0.2) is 65.4 Å². The largest absolute Gasteiger partial charge is 0.497 e. The van der Waals surface area contributed by atoms with Gasteiger partial charge >= 0.3 is 0 Å². The molecule has 0 N–H and O–H groups in total. The SMILES string of the molecule is COc1ccc(C(=O)C2C(=O)C(=O)N(c3ccc(-c4ccon4)cc3)C2N2CCCCC2)cc1. The Morgan fingerprint density at radius 2 is 1.68 bits per heavy atom. The molecule has 1 amide bonds. The summed E-state index contributed by atoms with van der Waals surface area (Å²) in [4.78, 5) is 43.7. The predicted molar refractivity (Wildman–Crippen MR) is 124 cm³/mol. The Labute approximate surface area is 197 Å². The average Bonchev–Trinajstić information content (AvgIpc) is 3.52. The lowest BCUT2D eigenvalue weighted by Gasteiger charge is -2.39. The van der Waals surface area contributed by atoms with Crippen molar-refractivity contribution < 1.29 is 23.6 Å². The Morgan fingerprint density at radius 1 is 0.971 bits per heavy atom. The van der Waals surface area contributed by atoms with E-state index in [4.69, 9.17) is 9.26 Å². The third-order valence-corrected chi connectivity index (χ3v) is 6.58. The summed E-state index contributed by atoms with van der Waals surface area (Å²) in [6.45, 7) is 1.45. The maximum absolute atomic E-state index is 13.6. The number of benzene rings is 2. The number of anilines is 1. The molecule has 2 fully saturated rings. The van der Waals surface area contributed by atoms with E-state index in [-0.39, 0.29) is 5.78 Å². The Morgan fingerprint density at radius 3 is 2.29 bits per heavy atom. The summed E-state index contributed by atoms with van der Waals surface area (Å²) in [6.07, 6.45) is 3.85. The number of aromatic nitrogens is 1. The van der Waals surface area contributed by atoms with Crippen molar-refractivity contribution in [1.82, 2.24) is 10.1 Å². The molecule has 5 rings (SSSR count). The van der Waals surface area contributed by atoms with E-state index < -0.39 is 23.8 Å². The van der Waals surface area contributed by atoms with Gasteiger partial charge in [0.25, 0.3) is 5.91 Å². The van der Waals surface area contributed by atoms with Gasteiger partial charge in [-0.15, -0.1) is 0 Å². The molecular formula is C26H25N3O5. The summed E-state index contributed by atoms with van der Waals surface area (Å²) in [5, 5.41) is 3.94.